The van der Waals surface area contributed by atoms with Gasteiger partial charge in [-0.3, -0.25) is 9.79 Å². The van der Waals surface area contributed by atoms with Crippen LogP contribution in [0.15, 0.2) is 29.3 Å². The van der Waals surface area contributed by atoms with E-state index in [-0.39, 0.29) is 29.9 Å². The number of aliphatic imine (C=N–C) groups is 1. The van der Waals surface area contributed by atoms with Crippen LogP contribution in [-0.2, 0) is 16.1 Å². The number of benzene rings is 1. The molecule has 0 heterocycles. The number of ether oxygens (including phenoxy) is 2. The molecule has 0 aliphatic carbocycles. The Bertz CT molecular complexity index is 521. The fraction of sp³-hybridized carbons (Fsp3) is 0.556. The zero-order valence-electron chi connectivity index (χ0n) is 15.6. The SMILES string of the molecule is CCOc1ccc(CN(C)C(=NC)NCCCCC(=O)OC)cc1.I. The number of nitrogens with zero attached hydrogens (tertiary/aromatic N) is 2. The van der Waals surface area contributed by atoms with E-state index in [9.17, 15) is 4.79 Å². The lowest BCUT2D eigenvalue weighted by atomic mass is 10.2. The Morgan fingerprint density at radius 3 is 2.48 bits per heavy atom. The Morgan fingerprint density at radius 1 is 1.24 bits per heavy atom. The van der Waals surface area contributed by atoms with Gasteiger partial charge in [0.05, 0.1) is 13.7 Å². The fourth-order valence-electron chi connectivity index (χ4n) is 2.29. The van der Waals surface area contributed by atoms with Crippen molar-refractivity contribution in [3.8, 4) is 5.75 Å². The molecule has 0 spiro atoms. The van der Waals surface area contributed by atoms with E-state index in [1.54, 1.807) is 7.05 Å². The maximum atomic E-state index is 11.1. The molecule has 0 atom stereocenters. The van der Waals surface area contributed by atoms with Crippen LogP contribution >= 0.6 is 24.0 Å². The highest BCUT2D eigenvalue weighted by Crippen LogP contribution is 2.13. The number of guanidine groups is 1. The first-order valence-electron chi connectivity index (χ1n) is 8.31. The topological polar surface area (TPSA) is 63.2 Å². The normalized spacial score (nSPS) is 10.6. The number of halogens is 1. The van der Waals surface area contributed by atoms with Crippen molar-refractivity contribution in [1.82, 2.24) is 10.2 Å². The second-order valence-corrected chi connectivity index (χ2v) is 5.44. The van der Waals surface area contributed by atoms with Crippen LogP contribution in [0.5, 0.6) is 5.75 Å². The van der Waals surface area contributed by atoms with E-state index < -0.39 is 0 Å². The molecule has 0 saturated carbocycles. The number of unbranched alkanes of at least 4 members (excludes halogenated alkanes) is 1. The van der Waals surface area contributed by atoms with Crippen LogP contribution in [-0.4, -0.2) is 51.2 Å². The summed E-state index contributed by atoms with van der Waals surface area (Å²) >= 11 is 0. The van der Waals surface area contributed by atoms with Crippen LogP contribution in [0.25, 0.3) is 0 Å². The first-order valence-corrected chi connectivity index (χ1v) is 8.31. The average Bonchev–Trinajstić information content (AvgIpc) is 2.59. The number of esters is 1. The highest BCUT2D eigenvalue weighted by molar-refractivity contribution is 14.0. The molecule has 0 aliphatic rings. The molecule has 0 aliphatic heterocycles. The molecule has 0 bridgehead atoms. The number of hydrogen-bond acceptors (Lipinski definition) is 4. The molecule has 1 aromatic rings. The zero-order chi connectivity index (χ0) is 17.8. The minimum Gasteiger partial charge on any atom is -0.494 e. The van der Waals surface area contributed by atoms with E-state index in [2.05, 4.69) is 32.1 Å². The van der Waals surface area contributed by atoms with Crippen LogP contribution < -0.4 is 10.1 Å². The standard InChI is InChI=1S/C18H29N3O3.HI/c1-5-24-16-11-9-15(10-12-16)14-21(3)18(19-2)20-13-7-6-8-17(22)23-4;/h9-12H,5-8,13-14H2,1-4H3,(H,19,20);1H. The summed E-state index contributed by atoms with van der Waals surface area (Å²) in [4.78, 5) is 17.4. The Hall–Kier alpha value is -1.51. The van der Waals surface area contributed by atoms with Gasteiger partial charge in [0.15, 0.2) is 5.96 Å². The van der Waals surface area contributed by atoms with Gasteiger partial charge in [0.2, 0.25) is 0 Å². The van der Waals surface area contributed by atoms with Gasteiger partial charge in [-0.15, -0.1) is 24.0 Å². The van der Waals surface area contributed by atoms with Gasteiger partial charge >= 0.3 is 5.97 Å². The maximum Gasteiger partial charge on any atom is 0.305 e. The average molecular weight is 463 g/mol. The van der Waals surface area contributed by atoms with E-state index in [0.29, 0.717) is 13.0 Å². The van der Waals surface area contributed by atoms with Crippen molar-refractivity contribution < 1.29 is 14.3 Å². The van der Waals surface area contributed by atoms with Gasteiger partial charge in [0, 0.05) is 33.6 Å². The Morgan fingerprint density at radius 2 is 1.92 bits per heavy atom. The number of hydrogen-bond donors (Lipinski definition) is 1. The van der Waals surface area contributed by atoms with Gasteiger partial charge in [-0.1, -0.05) is 12.1 Å². The van der Waals surface area contributed by atoms with Gasteiger partial charge < -0.3 is 19.7 Å². The Balaban J connectivity index is 0.00000576. The molecule has 0 fully saturated rings. The molecule has 0 saturated heterocycles. The Labute approximate surface area is 168 Å². The Kier molecular flexibility index (Phi) is 12.9. The second-order valence-electron chi connectivity index (χ2n) is 5.44. The highest BCUT2D eigenvalue weighted by Gasteiger charge is 2.07. The summed E-state index contributed by atoms with van der Waals surface area (Å²) in [7, 11) is 5.18. The number of carbonyl (C=O) groups is 1. The third kappa shape index (κ3) is 9.52. The van der Waals surface area contributed by atoms with E-state index in [1.807, 2.05) is 26.1 Å². The molecule has 1 N–H and O–H groups in total. The third-order valence-corrected chi connectivity index (χ3v) is 3.55. The van der Waals surface area contributed by atoms with Crippen molar-refractivity contribution in [2.45, 2.75) is 32.7 Å². The fourth-order valence-corrected chi connectivity index (χ4v) is 2.29. The molecule has 1 rings (SSSR count). The number of nitrogens with one attached hydrogen (secondary N) is 1. The summed E-state index contributed by atoms with van der Waals surface area (Å²) in [5.74, 6) is 1.56. The monoisotopic (exact) mass is 463 g/mol. The second kappa shape index (κ2) is 13.7. The summed E-state index contributed by atoms with van der Waals surface area (Å²) in [6.45, 7) is 4.18. The van der Waals surface area contributed by atoms with Crippen LogP contribution in [0.4, 0.5) is 0 Å². The van der Waals surface area contributed by atoms with Gasteiger partial charge in [-0.05, 0) is 37.5 Å². The molecule has 25 heavy (non-hydrogen) atoms. The molecule has 0 amide bonds. The predicted octanol–water partition coefficient (Wildman–Crippen LogP) is 3.05. The number of carbonyl (C=O) groups excluding carboxylic acids is 1. The van der Waals surface area contributed by atoms with Crippen LogP contribution in [0.3, 0.4) is 0 Å². The zero-order valence-corrected chi connectivity index (χ0v) is 17.9. The molecule has 6 nitrogen and oxygen atoms in total. The molecule has 1 aromatic carbocycles. The number of methoxy groups -OCH3 is 1. The lowest BCUT2D eigenvalue weighted by molar-refractivity contribution is -0.140. The lowest BCUT2D eigenvalue weighted by Gasteiger charge is -2.22. The summed E-state index contributed by atoms with van der Waals surface area (Å²) < 4.78 is 10.1. The largest absolute Gasteiger partial charge is 0.494 e. The van der Waals surface area contributed by atoms with E-state index in [0.717, 1.165) is 37.6 Å². The minimum atomic E-state index is -0.160. The summed E-state index contributed by atoms with van der Waals surface area (Å²) in [5, 5.41) is 3.31. The molecule has 0 unspecified atom stereocenters. The maximum absolute atomic E-state index is 11.1. The van der Waals surface area contributed by atoms with Crippen molar-refractivity contribution in [1.29, 1.82) is 0 Å². The van der Waals surface area contributed by atoms with Crippen molar-refractivity contribution in [2.75, 3.05) is 34.4 Å². The lowest BCUT2D eigenvalue weighted by Crippen LogP contribution is -2.38. The van der Waals surface area contributed by atoms with Crippen LogP contribution in [0.2, 0.25) is 0 Å². The van der Waals surface area contributed by atoms with Gasteiger partial charge in [0.1, 0.15) is 5.75 Å². The minimum absolute atomic E-state index is 0. The van der Waals surface area contributed by atoms with Gasteiger partial charge in [-0.2, -0.15) is 0 Å². The third-order valence-electron chi connectivity index (χ3n) is 3.55. The molecule has 0 radical (unpaired) electrons. The molecule has 0 aromatic heterocycles. The molecule has 7 heteroatoms. The van der Waals surface area contributed by atoms with Crippen LogP contribution in [0, 0.1) is 0 Å². The first kappa shape index (κ1) is 23.5. The molecular formula is C18H30IN3O3. The predicted molar refractivity (Wildman–Crippen MR) is 112 cm³/mol. The summed E-state index contributed by atoms with van der Waals surface area (Å²) in [6, 6.07) is 8.08. The summed E-state index contributed by atoms with van der Waals surface area (Å²) in [5.41, 5.74) is 1.19. The highest BCUT2D eigenvalue weighted by atomic mass is 127. The molecule has 142 valence electrons. The quantitative estimate of drug-likeness (QED) is 0.201. The van der Waals surface area contributed by atoms with Crippen molar-refractivity contribution in [3.63, 3.8) is 0 Å². The summed E-state index contributed by atoms with van der Waals surface area (Å²) in [6.07, 6.45) is 2.16. The van der Waals surface area contributed by atoms with Gasteiger partial charge in [-0.25, -0.2) is 0 Å². The van der Waals surface area contributed by atoms with E-state index >= 15 is 0 Å². The van der Waals surface area contributed by atoms with Crippen LogP contribution in [0.1, 0.15) is 31.7 Å². The van der Waals surface area contributed by atoms with E-state index in [1.165, 1.54) is 12.7 Å². The smallest absolute Gasteiger partial charge is 0.305 e. The van der Waals surface area contributed by atoms with Gasteiger partial charge in [0.25, 0.3) is 0 Å². The number of rotatable bonds is 9. The van der Waals surface area contributed by atoms with Crippen molar-refractivity contribution in [3.05, 3.63) is 29.8 Å². The van der Waals surface area contributed by atoms with Crippen molar-refractivity contribution in [2.24, 2.45) is 4.99 Å². The van der Waals surface area contributed by atoms with E-state index in [4.69, 9.17) is 4.74 Å². The molecular weight excluding hydrogens is 433 g/mol. The van der Waals surface area contributed by atoms with Crippen molar-refractivity contribution >= 4 is 35.9 Å². The first-order chi connectivity index (χ1) is 11.6.